The molecule has 0 radical (unpaired) electrons. The molecule has 0 saturated carbocycles. The first kappa shape index (κ1) is 17.0. The summed E-state index contributed by atoms with van der Waals surface area (Å²) in [7, 11) is -1.70. The van der Waals surface area contributed by atoms with Crippen LogP contribution in [-0.4, -0.2) is 40.2 Å². The lowest BCUT2D eigenvalue weighted by Crippen LogP contribution is -2.26. The third kappa shape index (κ3) is 5.96. The number of rotatable bonds is 10. The maximum atomic E-state index is 12.0. The SMILES string of the molecule is CCCOCCCNS(=O)(=O)c1ccc(CNC)cn1. The van der Waals surface area contributed by atoms with E-state index in [1.165, 1.54) is 6.07 Å². The van der Waals surface area contributed by atoms with Crippen LogP contribution in [0.15, 0.2) is 23.4 Å². The van der Waals surface area contributed by atoms with Gasteiger partial charge in [0.25, 0.3) is 10.0 Å². The molecule has 0 atom stereocenters. The topological polar surface area (TPSA) is 80.3 Å². The van der Waals surface area contributed by atoms with E-state index >= 15 is 0 Å². The second kappa shape index (κ2) is 9.02. The smallest absolute Gasteiger partial charge is 0.258 e. The van der Waals surface area contributed by atoms with Crippen molar-refractivity contribution in [2.24, 2.45) is 0 Å². The van der Waals surface area contributed by atoms with Gasteiger partial charge in [-0.2, -0.15) is 0 Å². The largest absolute Gasteiger partial charge is 0.381 e. The van der Waals surface area contributed by atoms with Gasteiger partial charge < -0.3 is 10.1 Å². The molecule has 114 valence electrons. The van der Waals surface area contributed by atoms with Crippen molar-refractivity contribution in [3.8, 4) is 0 Å². The number of hydrogen-bond acceptors (Lipinski definition) is 5. The highest BCUT2D eigenvalue weighted by atomic mass is 32.2. The van der Waals surface area contributed by atoms with Crippen LogP contribution in [0.4, 0.5) is 0 Å². The Balaban J connectivity index is 2.43. The van der Waals surface area contributed by atoms with Crippen molar-refractivity contribution in [2.45, 2.75) is 31.3 Å². The van der Waals surface area contributed by atoms with Gasteiger partial charge in [0.1, 0.15) is 0 Å². The van der Waals surface area contributed by atoms with Crippen LogP contribution >= 0.6 is 0 Å². The number of aromatic nitrogens is 1. The van der Waals surface area contributed by atoms with Gasteiger partial charge in [0.15, 0.2) is 5.03 Å². The first-order chi connectivity index (χ1) is 9.60. The van der Waals surface area contributed by atoms with Gasteiger partial charge in [0, 0.05) is 32.5 Å². The van der Waals surface area contributed by atoms with E-state index in [4.69, 9.17) is 4.74 Å². The number of nitrogens with zero attached hydrogens (tertiary/aromatic N) is 1. The van der Waals surface area contributed by atoms with Crippen LogP contribution in [0.25, 0.3) is 0 Å². The average Bonchev–Trinajstić information content (AvgIpc) is 2.44. The maximum absolute atomic E-state index is 12.0. The third-order valence-corrected chi connectivity index (χ3v) is 3.94. The van der Waals surface area contributed by atoms with Crippen LogP contribution in [0, 0.1) is 0 Å². The Kier molecular flexibility index (Phi) is 7.68. The van der Waals surface area contributed by atoms with E-state index in [-0.39, 0.29) is 5.03 Å². The number of nitrogens with one attached hydrogen (secondary N) is 2. The molecule has 0 aromatic carbocycles. The summed E-state index contributed by atoms with van der Waals surface area (Å²) in [6, 6.07) is 3.27. The van der Waals surface area contributed by atoms with Gasteiger partial charge in [-0.1, -0.05) is 13.0 Å². The van der Waals surface area contributed by atoms with Crippen molar-refractivity contribution in [3.05, 3.63) is 23.9 Å². The number of ether oxygens (including phenoxy) is 1. The van der Waals surface area contributed by atoms with Crippen LogP contribution in [0.5, 0.6) is 0 Å². The summed E-state index contributed by atoms with van der Waals surface area (Å²) < 4.78 is 31.7. The van der Waals surface area contributed by atoms with Crippen molar-refractivity contribution < 1.29 is 13.2 Å². The molecule has 1 aromatic heterocycles. The molecule has 0 bridgehead atoms. The molecule has 7 heteroatoms. The Morgan fingerprint density at radius 1 is 1.30 bits per heavy atom. The predicted octanol–water partition coefficient (Wildman–Crippen LogP) is 0.896. The highest BCUT2D eigenvalue weighted by molar-refractivity contribution is 7.89. The third-order valence-electron chi connectivity index (χ3n) is 2.56. The minimum absolute atomic E-state index is 0.0480. The van der Waals surface area contributed by atoms with Crippen LogP contribution < -0.4 is 10.0 Å². The molecule has 6 nitrogen and oxygen atoms in total. The average molecular weight is 301 g/mol. The fourth-order valence-electron chi connectivity index (χ4n) is 1.58. The molecule has 1 rings (SSSR count). The molecule has 1 aromatic rings. The lowest BCUT2D eigenvalue weighted by molar-refractivity contribution is 0.133. The van der Waals surface area contributed by atoms with Gasteiger partial charge in [0.2, 0.25) is 0 Å². The second-order valence-electron chi connectivity index (χ2n) is 4.40. The van der Waals surface area contributed by atoms with Gasteiger partial charge in [-0.25, -0.2) is 18.1 Å². The Labute approximate surface area is 121 Å². The summed E-state index contributed by atoms with van der Waals surface area (Å²) in [5.41, 5.74) is 0.944. The van der Waals surface area contributed by atoms with Crippen LogP contribution in [0.1, 0.15) is 25.3 Å². The monoisotopic (exact) mass is 301 g/mol. The van der Waals surface area contributed by atoms with E-state index in [9.17, 15) is 8.42 Å². The van der Waals surface area contributed by atoms with Gasteiger partial charge in [-0.05, 0) is 31.5 Å². The Morgan fingerprint density at radius 2 is 2.10 bits per heavy atom. The number of hydrogen-bond donors (Lipinski definition) is 2. The quantitative estimate of drug-likeness (QED) is 0.628. The molecule has 0 amide bonds. The maximum Gasteiger partial charge on any atom is 0.258 e. The molecule has 20 heavy (non-hydrogen) atoms. The molecule has 1 heterocycles. The molecule has 0 saturated heterocycles. The van der Waals surface area contributed by atoms with Crippen LogP contribution in [-0.2, 0) is 21.3 Å². The molecule has 0 aliphatic heterocycles. The summed E-state index contributed by atoms with van der Waals surface area (Å²) in [5, 5.41) is 3.03. The summed E-state index contributed by atoms with van der Waals surface area (Å²) in [4.78, 5) is 3.98. The van der Waals surface area contributed by atoms with Crippen molar-refractivity contribution in [1.29, 1.82) is 0 Å². The molecule has 0 spiro atoms. The Hall–Kier alpha value is -1.02. The van der Waals surface area contributed by atoms with Crippen LogP contribution in [0.2, 0.25) is 0 Å². The molecular formula is C13H23N3O3S. The summed E-state index contributed by atoms with van der Waals surface area (Å²) in [6.45, 7) is 4.32. The zero-order valence-corrected chi connectivity index (χ0v) is 12.9. The van der Waals surface area contributed by atoms with E-state index in [2.05, 4.69) is 15.0 Å². The molecular weight excluding hydrogens is 278 g/mol. The molecule has 0 aliphatic carbocycles. The van der Waals surface area contributed by atoms with E-state index in [1.807, 2.05) is 14.0 Å². The highest BCUT2D eigenvalue weighted by Crippen LogP contribution is 2.06. The number of sulfonamides is 1. The van der Waals surface area contributed by atoms with E-state index in [0.717, 1.165) is 12.0 Å². The highest BCUT2D eigenvalue weighted by Gasteiger charge is 2.14. The lowest BCUT2D eigenvalue weighted by Gasteiger charge is -2.07. The first-order valence-electron chi connectivity index (χ1n) is 6.77. The van der Waals surface area contributed by atoms with Crippen molar-refractivity contribution in [3.63, 3.8) is 0 Å². The second-order valence-corrected chi connectivity index (χ2v) is 6.11. The zero-order chi connectivity index (χ0) is 14.8. The molecule has 0 aliphatic rings. The van der Waals surface area contributed by atoms with Gasteiger partial charge in [0.05, 0.1) is 0 Å². The van der Waals surface area contributed by atoms with Crippen molar-refractivity contribution in [1.82, 2.24) is 15.0 Å². The van der Waals surface area contributed by atoms with Gasteiger partial charge in [-0.15, -0.1) is 0 Å². The minimum Gasteiger partial charge on any atom is -0.381 e. The van der Waals surface area contributed by atoms with Crippen molar-refractivity contribution in [2.75, 3.05) is 26.8 Å². The summed E-state index contributed by atoms with van der Waals surface area (Å²) in [5.74, 6) is 0. The Morgan fingerprint density at radius 3 is 2.70 bits per heavy atom. The molecule has 2 N–H and O–H groups in total. The van der Waals surface area contributed by atoms with Gasteiger partial charge in [-0.3, -0.25) is 0 Å². The van der Waals surface area contributed by atoms with E-state index in [0.29, 0.717) is 32.7 Å². The lowest BCUT2D eigenvalue weighted by atomic mass is 10.3. The van der Waals surface area contributed by atoms with E-state index in [1.54, 1.807) is 12.3 Å². The normalized spacial score (nSPS) is 11.7. The summed E-state index contributed by atoms with van der Waals surface area (Å²) >= 11 is 0. The fourth-order valence-corrected chi connectivity index (χ4v) is 2.58. The number of pyridine rings is 1. The standard InChI is InChI=1S/C13H23N3O3S/c1-3-8-19-9-4-7-16-20(17,18)13-6-5-12(10-14-2)11-15-13/h5-6,11,14,16H,3-4,7-10H2,1-2H3. The fraction of sp³-hybridized carbons (Fsp3) is 0.615. The van der Waals surface area contributed by atoms with Crippen LogP contribution in [0.3, 0.4) is 0 Å². The predicted molar refractivity (Wildman–Crippen MR) is 77.9 cm³/mol. The van der Waals surface area contributed by atoms with E-state index < -0.39 is 10.0 Å². The first-order valence-corrected chi connectivity index (χ1v) is 8.25. The minimum atomic E-state index is -3.52. The zero-order valence-electron chi connectivity index (χ0n) is 12.1. The Bertz CT molecular complexity index is 474. The molecule has 0 fully saturated rings. The van der Waals surface area contributed by atoms with Gasteiger partial charge >= 0.3 is 0 Å². The van der Waals surface area contributed by atoms with Crippen molar-refractivity contribution >= 4 is 10.0 Å². The summed E-state index contributed by atoms with van der Waals surface area (Å²) in [6.07, 6.45) is 3.18. The molecule has 0 unspecified atom stereocenters.